The maximum atomic E-state index is 10.7. The van der Waals surface area contributed by atoms with Gasteiger partial charge in [0, 0.05) is 0 Å². The first-order chi connectivity index (χ1) is 12.8. The summed E-state index contributed by atoms with van der Waals surface area (Å²) in [4.78, 5) is 0. The van der Waals surface area contributed by atoms with Crippen LogP contribution in [0.15, 0.2) is 84.9 Å². The number of hydrogen-bond donors (Lipinski definition) is 1. The summed E-state index contributed by atoms with van der Waals surface area (Å²) < 4.78 is 11.2. The topological polar surface area (TPSA) is 38.7 Å². The van der Waals surface area contributed by atoms with Crippen molar-refractivity contribution in [2.45, 2.75) is 6.10 Å². The molecular formula is C22H19BO3. The minimum absolute atomic E-state index is 0.339. The Morgan fingerprint density at radius 3 is 1.96 bits per heavy atom. The van der Waals surface area contributed by atoms with Crippen LogP contribution in [0.2, 0.25) is 0 Å². The van der Waals surface area contributed by atoms with E-state index in [9.17, 15) is 5.02 Å². The van der Waals surface area contributed by atoms with E-state index in [4.69, 9.17) is 9.39 Å². The average Bonchev–Trinajstić information content (AvgIpc) is 3.06. The van der Waals surface area contributed by atoms with E-state index >= 15 is 0 Å². The largest absolute Gasteiger partial charge is 0.497 e. The van der Waals surface area contributed by atoms with Gasteiger partial charge in [-0.3, -0.25) is 0 Å². The molecule has 0 saturated carbocycles. The van der Waals surface area contributed by atoms with Gasteiger partial charge in [0.15, 0.2) is 0 Å². The van der Waals surface area contributed by atoms with Crippen LogP contribution in [-0.4, -0.2) is 19.3 Å². The lowest BCUT2D eigenvalue weighted by atomic mass is 9.72. The first-order valence-electron chi connectivity index (χ1n) is 8.60. The van der Waals surface area contributed by atoms with E-state index in [0.717, 1.165) is 33.5 Å². The van der Waals surface area contributed by atoms with Gasteiger partial charge in [0.25, 0.3) is 0 Å². The van der Waals surface area contributed by atoms with E-state index in [0.29, 0.717) is 0 Å². The molecule has 1 atom stereocenters. The van der Waals surface area contributed by atoms with Gasteiger partial charge >= 0.3 is 7.12 Å². The minimum atomic E-state index is -0.972. The normalized spacial score (nSPS) is 16.8. The average molecular weight is 342 g/mol. The molecule has 4 rings (SSSR count). The van der Waals surface area contributed by atoms with Crippen molar-refractivity contribution < 1.29 is 14.4 Å². The monoisotopic (exact) mass is 342 g/mol. The molecule has 0 fully saturated rings. The molecule has 1 aliphatic heterocycles. The Morgan fingerprint density at radius 2 is 1.38 bits per heavy atom. The van der Waals surface area contributed by atoms with Gasteiger partial charge in [-0.2, -0.15) is 0 Å². The van der Waals surface area contributed by atoms with Crippen LogP contribution < -0.4 is 4.74 Å². The summed E-state index contributed by atoms with van der Waals surface area (Å²) in [5.74, 6) is 0.792. The number of ether oxygens (including phenoxy) is 1. The molecule has 4 heteroatoms. The predicted molar refractivity (Wildman–Crippen MR) is 104 cm³/mol. The highest BCUT2D eigenvalue weighted by atomic mass is 16.5. The molecule has 0 saturated heterocycles. The fraction of sp³-hybridized carbons (Fsp3) is 0.0909. The Labute approximate surface area is 153 Å². The molecule has 0 aromatic heterocycles. The molecule has 0 aliphatic carbocycles. The number of methoxy groups -OCH3 is 1. The Kier molecular flexibility index (Phi) is 4.61. The van der Waals surface area contributed by atoms with Gasteiger partial charge < -0.3 is 14.4 Å². The predicted octanol–water partition coefficient (Wildman–Crippen LogP) is 4.40. The van der Waals surface area contributed by atoms with Gasteiger partial charge in [-0.25, -0.2) is 0 Å². The molecule has 1 aliphatic rings. The smallest absolute Gasteiger partial charge is 0.492 e. The van der Waals surface area contributed by atoms with Gasteiger partial charge in [-0.15, -0.1) is 0 Å². The van der Waals surface area contributed by atoms with Crippen LogP contribution in [0.25, 0.3) is 11.0 Å². The lowest BCUT2D eigenvalue weighted by Crippen LogP contribution is -2.15. The first kappa shape index (κ1) is 16.6. The molecule has 0 amide bonds. The van der Waals surface area contributed by atoms with E-state index in [1.807, 2.05) is 72.8 Å². The summed E-state index contributed by atoms with van der Waals surface area (Å²) >= 11 is 0. The summed E-state index contributed by atoms with van der Waals surface area (Å²) in [6.07, 6.45) is -0.339. The van der Waals surface area contributed by atoms with Gasteiger partial charge in [0.05, 0.1) is 13.2 Å². The second kappa shape index (κ2) is 7.20. The van der Waals surface area contributed by atoms with Gasteiger partial charge in [-0.1, -0.05) is 72.8 Å². The van der Waals surface area contributed by atoms with Crippen LogP contribution in [0, 0.1) is 0 Å². The molecule has 26 heavy (non-hydrogen) atoms. The fourth-order valence-electron chi connectivity index (χ4n) is 3.40. The third kappa shape index (κ3) is 3.05. The van der Waals surface area contributed by atoms with Crippen molar-refractivity contribution in [2.24, 2.45) is 0 Å². The molecule has 1 unspecified atom stereocenters. The maximum absolute atomic E-state index is 10.7. The van der Waals surface area contributed by atoms with Crippen molar-refractivity contribution in [3.8, 4) is 5.75 Å². The highest BCUT2D eigenvalue weighted by molar-refractivity contribution is 6.71. The second-order valence-electron chi connectivity index (χ2n) is 6.20. The maximum Gasteiger partial charge on any atom is 0.492 e. The van der Waals surface area contributed by atoms with Crippen molar-refractivity contribution >= 4 is 18.2 Å². The van der Waals surface area contributed by atoms with Crippen LogP contribution in [-0.2, 0) is 4.65 Å². The van der Waals surface area contributed by atoms with Crippen molar-refractivity contribution in [1.29, 1.82) is 0 Å². The van der Waals surface area contributed by atoms with Crippen molar-refractivity contribution in [3.63, 3.8) is 0 Å². The summed E-state index contributed by atoms with van der Waals surface area (Å²) in [7, 11) is 0.674. The van der Waals surface area contributed by atoms with E-state index in [1.54, 1.807) is 7.11 Å². The zero-order chi connectivity index (χ0) is 17.9. The van der Waals surface area contributed by atoms with Crippen LogP contribution in [0.1, 0.15) is 22.8 Å². The summed E-state index contributed by atoms with van der Waals surface area (Å²) in [6.45, 7) is 0. The summed E-state index contributed by atoms with van der Waals surface area (Å²) in [5, 5.41) is 10.7. The van der Waals surface area contributed by atoms with E-state index < -0.39 is 7.12 Å². The molecule has 128 valence electrons. The molecule has 1 heterocycles. The van der Waals surface area contributed by atoms with Crippen molar-refractivity contribution in [3.05, 3.63) is 102 Å². The molecule has 0 bridgehead atoms. The standard InChI is InChI=1S/C22H19BO3/c1-25-19-14-12-18(13-15-19)22-20(16-8-4-2-5-9-16)21(23(24)26-22)17-10-6-3-7-11-17/h2-15,22,24H,1H3. The Hall–Kier alpha value is -2.82. The van der Waals surface area contributed by atoms with Crippen molar-refractivity contribution in [1.82, 2.24) is 0 Å². The van der Waals surface area contributed by atoms with Gasteiger partial charge in [0.1, 0.15) is 5.75 Å². The third-order valence-corrected chi connectivity index (χ3v) is 4.65. The van der Waals surface area contributed by atoms with Gasteiger partial charge in [-0.05, 0) is 39.9 Å². The molecule has 3 aromatic carbocycles. The quantitative estimate of drug-likeness (QED) is 0.715. The van der Waals surface area contributed by atoms with Crippen LogP contribution in [0.4, 0.5) is 0 Å². The summed E-state index contributed by atoms with van der Waals surface area (Å²) in [5.41, 5.74) is 4.81. The SMILES string of the molecule is COc1ccc(C2OB(O)C(c3ccccc3)=C2c2ccccc2)cc1. The molecule has 0 radical (unpaired) electrons. The van der Waals surface area contributed by atoms with Gasteiger partial charge in [0.2, 0.25) is 0 Å². The Morgan fingerprint density at radius 1 is 0.808 bits per heavy atom. The molecule has 3 aromatic rings. The van der Waals surface area contributed by atoms with Crippen molar-refractivity contribution in [2.75, 3.05) is 7.11 Å². The second-order valence-corrected chi connectivity index (χ2v) is 6.20. The molecule has 1 N–H and O–H groups in total. The minimum Gasteiger partial charge on any atom is -0.497 e. The van der Waals surface area contributed by atoms with Crippen LogP contribution in [0.5, 0.6) is 5.75 Å². The zero-order valence-corrected chi connectivity index (χ0v) is 14.5. The van der Waals surface area contributed by atoms with Crippen LogP contribution >= 0.6 is 0 Å². The zero-order valence-electron chi connectivity index (χ0n) is 14.5. The fourth-order valence-corrected chi connectivity index (χ4v) is 3.40. The van der Waals surface area contributed by atoms with E-state index in [1.165, 1.54) is 0 Å². The molecular weight excluding hydrogens is 323 g/mol. The molecule has 3 nitrogen and oxygen atoms in total. The lowest BCUT2D eigenvalue weighted by Gasteiger charge is -2.17. The number of rotatable bonds is 4. The number of benzene rings is 3. The highest BCUT2D eigenvalue weighted by Crippen LogP contribution is 2.45. The Bertz CT molecular complexity index is 905. The van der Waals surface area contributed by atoms with E-state index in [2.05, 4.69) is 12.1 Å². The van der Waals surface area contributed by atoms with Crippen LogP contribution in [0.3, 0.4) is 0 Å². The molecule has 0 spiro atoms. The summed E-state index contributed by atoms with van der Waals surface area (Å²) in [6, 6.07) is 27.8. The third-order valence-electron chi connectivity index (χ3n) is 4.65. The highest BCUT2D eigenvalue weighted by Gasteiger charge is 2.39. The lowest BCUT2D eigenvalue weighted by molar-refractivity contribution is 0.236. The number of hydrogen-bond acceptors (Lipinski definition) is 3. The first-order valence-corrected chi connectivity index (χ1v) is 8.60. The van der Waals surface area contributed by atoms with E-state index in [-0.39, 0.29) is 6.10 Å². The Balaban J connectivity index is 1.87.